The monoisotopic (exact) mass is 371 g/mol. The van der Waals surface area contributed by atoms with Crippen LogP contribution in [0.15, 0.2) is 36.4 Å². The highest BCUT2D eigenvalue weighted by Crippen LogP contribution is 2.27. The highest BCUT2D eigenvalue weighted by Gasteiger charge is 2.18. The van der Waals surface area contributed by atoms with Crippen LogP contribution in [-0.2, 0) is 6.42 Å². The number of halogens is 4. The van der Waals surface area contributed by atoms with Crippen LogP contribution in [-0.4, -0.2) is 18.0 Å². The molecule has 0 amide bonds. The van der Waals surface area contributed by atoms with E-state index in [1.54, 1.807) is 12.1 Å². The molecule has 2 aromatic carbocycles. The van der Waals surface area contributed by atoms with E-state index in [2.05, 4.69) is 4.72 Å². The van der Waals surface area contributed by atoms with Crippen LogP contribution in [0.4, 0.5) is 17.6 Å². The van der Waals surface area contributed by atoms with Gasteiger partial charge >= 0.3 is 0 Å². The molecule has 0 bridgehead atoms. The molecule has 0 saturated carbocycles. The Morgan fingerprint density at radius 3 is 2.36 bits per heavy atom. The lowest BCUT2D eigenvalue weighted by molar-refractivity contribution is 0.284. The molecule has 2 atom stereocenters. The Morgan fingerprint density at radius 1 is 1.08 bits per heavy atom. The molecule has 136 valence electrons. The normalized spacial score (nSPS) is 13.7. The number of rotatable bonds is 8. The maximum atomic E-state index is 14.8. The molecule has 0 spiro atoms. The predicted molar refractivity (Wildman–Crippen MR) is 95.7 cm³/mol. The number of nitrogens with one attached hydrogen (secondary N) is 1. The molecule has 0 aliphatic carbocycles. The molecule has 25 heavy (non-hydrogen) atoms. The molecule has 0 fully saturated rings. The van der Waals surface area contributed by atoms with E-state index in [4.69, 9.17) is 0 Å². The van der Waals surface area contributed by atoms with E-state index >= 15 is 0 Å². The highest BCUT2D eigenvalue weighted by molar-refractivity contribution is 7.97. The molecule has 1 nitrogen and oxygen atoms in total. The van der Waals surface area contributed by atoms with Gasteiger partial charge in [0.2, 0.25) is 0 Å². The summed E-state index contributed by atoms with van der Waals surface area (Å²) in [6.07, 6.45) is -0.321. The molecule has 2 rings (SSSR count). The summed E-state index contributed by atoms with van der Waals surface area (Å²) in [5.41, 5.74) is 0.680. The molecule has 6 heteroatoms. The average molecular weight is 371 g/mol. The van der Waals surface area contributed by atoms with Crippen molar-refractivity contribution < 1.29 is 17.6 Å². The van der Waals surface area contributed by atoms with E-state index in [-0.39, 0.29) is 17.2 Å². The molecular formula is C19H21F4NS. The number of benzene rings is 2. The minimum absolute atomic E-state index is 0.136. The van der Waals surface area contributed by atoms with E-state index in [0.717, 1.165) is 24.0 Å². The predicted octanol–water partition coefficient (Wildman–Crippen LogP) is 5.69. The molecule has 1 N–H and O–H groups in total. The van der Waals surface area contributed by atoms with Crippen molar-refractivity contribution in [2.45, 2.75) is 38.9 Å². The van der Waals surface area contributed by atoms with Gasteiger partial charge in [-0.25, -0.2) is 17.6 Å². The molecule has 0 saturated heterocycles. The molecule has 0 unspecified atom stereocenters. The molecule has 0 aromatic heterocycles. The van der Waals surface area contributed by atoms with Gasteiger partial charge < -0.3 is 0 Å². The summed E-state index contributed by atoms with van der Waals surface area (Å²) < 4.78 is 58.3. The highest BCUT2D eigenvalue weighted by atomic mass is 32.2. The van der Waals surface area contributed by atoms with Crippen molar-refractivity contribution >= 4 is 11.9 Å². The van der Waals surface area contributed by atoms with Crippen LogP contribution in [0.5, 0.6) is 0 Å². The smallest absolute Gasteiger partial charge is 0.134 e. The molecule has 0 aliphatic rings. The second-order valence-electron chi connectivity index (χ2n) is 5.81. The first-order chi connectivity index (χ1) is 11.9. The fourth-order valence-corrected chi connectivity index (χ4v) is 3.27. The van der Waals surface area contributed by atoms with Crippen molar-refractivity contribution in [1.82, 2.24) is 4.72 Å². The summed E-state index contributed by atoms with van der Waals surface area (Å²) in [5, 5.41) is 0. The van der Waals surface area contributed by atoms with E-state index in [1.807, 2.05) is 6.92 Å². The van der Waals surface area contributed by atoms with E-state index in [1.165, 1.54) is 24.9 Å². The Hall–Kier alpha value is -1.53. The van der Waals surface area contributed by atoms with E-state index in [0.29, 0.717) is 18.4 Å². The van der Waals surface area contributed by atoms with E-state index in [9.17, 15) is 17.6 Å². The lowest BCUT2D eigenvalue weighted by Crippen LogP contribution is -2.32. The first-order valence-corrected chi connectivity index (χ1v) is 9.16. The average Bonchev–Trinajstić information content (AvgIpc) is 2.55. The van der Waals surface area contributed by atoms with Gasteiger partial charge in [-0.1, -0.05) is 37.1 Å². The Kier molecular flexibility index (Phi) is 7.32. The van der Waals surface area contributed by atoms with Crippen LogP contribution in [0.25, 0.3) is 11.1 Å². The van der Waals surface area contributed by atoms with Crippen molar-refractivity contribution in [3.63, 3.8) is 0 Å². The topological polar surface area (TPSA) is 12.0 Å². The minimum atomic E-state index is -1.07. The van der Waals surface area contributed by atoms with Gasteiger partial charge in [0.1, 0.15) is 23.6 Å². The van der Waals surface area contributed by atoms with Crippen molar-refractivity contribution in [2.75, 3.05) is 5.75 Å². The van der Waals surface area contributed by atoms with Gasteiger partial charge in [-0.05, 0) is 43.0 Å². The van der Waals surface area contributed by atoms with Gasteiger partial charge in [-0.15, -0.1) is 0 Å². The third kappa shape index (κ3) is 5.47. The zero-order chi connectivity index (χ0) is 18.4. The van der Waals surface area contributed by atoms with E-state index < -0.39 is 23.6 Å². The van der Waals surface area contributed by atoms with Crippen LogP contribution in [0.3, 0.4) is 0 Å². The Bertz CT molecular complexity index is 686. The fraction of sp³-hybridized carbons (Fsp3) is 0.368. The van der Waals surface area contributed by atoms with Crippen molar-refractivity contribution in [2.24, 2.45) is 0 Å². The van der Waals surface area contributed by atoms with Gasteiger partial charge in [0.25, 0.3) is 0 Å². The maximum Gasteiger partial charge on any atom is 0.134 e. The zero-order valence-electron chi connectivity index (χ0n) is 14.2. The number of alkyl halides is 1. The minimum Gasteiger partial charge on any atom is -0.258 e. The summed E-state index contributed by atoms with van der Waals surface area (Å²) in [5.74, 6) is -1.24. The summed E-state index contributed by atoms with van der Waals surface area (Å²) in [7, 11) is 0. The van der Waals surface area contributed by atoms with Crippen LogP contribution in [0.1, 0.15) is 25.8 Å². The van der Waals surface area contributed by atoms with Gasteiger partial charge in [0.15, 0.2) is 0 Å². The maximum absolute atomic E-state index is 14.8. The first-order valence-electron chi connectivity index (χ1n) is 8.17. The van der Waals surface area contributed by atoms with Crippen molar-refractivity contribution in [3.8, 4) is 11.1 Å². The van der Waals surface area contributed by atoms with Crippen LogP contribution in [0.2, 0.25) is 0 Å². The summed E-state index contributed by atoms with van der Waals surface area (Å²) in [4.78, 5) is 0. The Balaban J connectivity index is 2.20. The summed E-state index contributed by atoms with van der Waals surface area (Å²) in [6, 6.07) is 7.27. The Labute approximate surface area is 150 Å². The standard InChI is InChI=1S/C19H21F4NS/c1-3-25-24-18(12(2)20)8-7-13-5-4-6-17(19(13)23)14-9-15(21)11-16(22)10-14/h4-6,9-12,18,24H,3,7-8H2,1-2H3/t12-,18+/m0/s1. The summed E-state index contributed by atoms with van der Waals surface area (Å²) in [6.45, 7) is 3.43. The van der Waals surface area contributed by atoms with Crippen molar-refractivity contribution in [3.05, 3.63) is 59.4 Å². The van der Waals surface area contributed by atoms with Crippen LogP contribution in [0, 0.1) is 17.5 Å². The fourth-order valence-electron chi connectivity index (χ4n) is 2.59. The number of aryl methyl sites for hydroxylation is 1. The van der Waals surface area contributed by atoms with Gasteiger partial charge in [-0.3, -0.25) is 4.72 Å². The molecule has 2 aromatic rings. The van der Waals surface area contributed by atoms with Crippen LogP contribution >= 0.6 is 11.9 Å². The zero-order valence-corrected chi connectivity index (χ0v) is 15.0. The molecule has 0 heterocycles. The molecule has 0 aliphatic heterocycles. The lowest BCUT2D eigenvalue weighted by Gasteiger charge is -2.19. The number of hydrogen-bond acceptors (Lipinski definition) is 2. The van der Waals surface area contributed by atoms with Gasteiger partial charge in [-0.2, -0.15) is 0 Å². The van der Waals surface area contributed by atoms with Gasteiger partial charge in [0.05, 0.1) is 0 Å². The van der Waals surface area contributed by atoms with Gasteiger partial charge in [0, 0.05) is 23.4 Å². The largest absolute Gasteiger partial charge is 0.258 e. The third-order valence-electron chi connectivity index (χ3n) is 3.91. The van der Waals surface area contributed by atoms with Crippen molar-refractivity contribution in [1.29, 1.82) is 0 Å². The summed E-state index contributed by atoms with van der Waals surface area (Å²) >= 11 is 1.42. The van der Waals surface area contributed by atoms with Crippen LogP contribution < -0.4 is 4.72 Å². The SMILES string of the molecule is CCSN[C@H](CCc1cccc(-c2cc(F)cc(F)c2)c1F)[C@H](C)F. The molecule has 0 radical (unpaired) electrons. The first kappa shape index (κ1) is 19.8. The quantitative estimate of drug-likeness (QED) is 0.473. The second-order valence-corrected chi connectivity index (χ2v) is 6.91. The molecular weight excluding hydrogens is 350 g/mol. The lowest BCUT2D eigenvalue weighted by atomic mass is 9.97. The second kappa shape index (κ2) is 9.25. The Morgan fingerprint density at radius 2 is 1.76 bits per heavy atom. The number of hydrogen-bond donors (Lipinski definition) is 1. The third-order valence-corrected chi connectivity index (χ3v) is 4.67.